The fraction of sp³-hybridized carbons (Fsp3) is 0.0833. The van der Waals surface area contributed by atoms with E-state index in [-0.39, 0.29) is 18.3 Å². The van der Waals surface area contributed by atoms with E-state index < -0.39 is 5.97 Å². The predicted octanol–water partition coefficient (Wildman–Crippen LogP) is 1.37. The van der Waals surface area contributed by atoms with Gasteiger partial charge in [-0.2, -0.15) is 0 Å². The Balaban J connectivity index is 1.97. The molecule has 0 saturated carbocycles. The van der Waals surface area contributed by atoms with Gasteiger partial charge < -0.3 is 19.7 Å². The average molecular weight is 260 g/mol. The van der Waals surface area contributed by atoms with Crippen LogP contribution in [0.4, 0.5) is 5.69 Å². The zero-order valence-electron chi connectivity index (χ0n) is 9.54. The summed E-state index contributed by atoms with van der Waals surface area (Å²) in [6.07, 6.45) is 0. The third-order valence-electron chi connectivity index (χ3n) is 2.63. The van der Waals surface area contributed by atoms with Crippen molar-refractivity contribution < 1.29 is 24.0 Å². The number of nitrogens with zero attached hydrogens (tertiary/aromatic N) is 1. The molecular formula is C12H8N2O5. The molecule has 0 aliphatic carbocycles. The number of nitrogens with one attached hydrogen (secondary N) is 1. The number of aromatic carboxylic acids is 1. The van der Waals surface area contributed by atoms with Gasteiger partial charge in [0.2, 0.25) is 5.76 Å². The van der Waals surface area contributed by atoms with Crippen molar-refractivity contribution in [3.05, 3.63) is 30.0 Å². The van der Waals surface area contributed by atoms with Gasteiger partial charge in [0.05, 0.1) is 5.69 Å². The van der Waals surface area contributed by atoms with Gasteiger partial charge in [0.25, 0.3) is 5.91 Å². The van der Waals surface area contributed by atoms with Crippen LogP contribution in [-0.2, 0) is 4.79 Å². The summed E-state index contributed by atoms with van der Waals surface area (Å²) in [7, 11) is 0. The summed E-state index contributed by atoms with van der Waals surface area (Å²) in [5.41, 5.74) is 1.61. The third-order valence-corrected chi connectivity index (χ3v) is 2.63. The lowest BCUT2D eigenvalue weighted by Crippen LogP contribution is -2.25. The Morgan fingerprint density at radius 2 is 2.21 bits per heavy atom. The fourth-order valence-electron chi connectivity index (χ4n) is 1.75. The highest BCUT2D eigenvalue weighted by Crippen LogP contribution is 2.32. The Hall–Kier alpha value is -2.83. The highest BCUT2D eigenvalue weighted by atomic mass is 16.5. The molecule has 2 N–H and O–H groups in total. The molecule has 2 aromatic rings. The number of hydrogen-bond acceptors (Lipinski definition) is 5. The maximum absolute atomic E-state index is 11.1. The van der Waals surface area contributed by atoms with Crippen LogP contribution in [0, 0.1) is 0 Å². The molecule has 0 bridgehead atoms. The van der Waals surface area contributed by atoms with Crippen LogP contribution in [0.3, 0.4) is 0 Å². The zero-order valence-corrected chi connectivity index (χ0v) is 9.54. The van der Waals surface area contributed by atoms with Crippen LogP contribution in [0.1, 0.15) is 10.6 Å². The second-order valence-corrected chi connectivity index (χ2v) is 3.93. The Kier molecular flexibility index (Phi) is 2.45. The molecule has 0 spiro atoms. The Labute approximate surface area is 106 Å². The van der Waals surface area contributed by atoms with Crippen molar-refractivity contribution >= 4 is 17.6 Å². The van der Waals surface area contributed by atoms with Crippen LogP contribution in [0.25, 0.3) is 11.3 Å². The minimum absolute atomic E-state index is 0.0460. The highest BCUT2D eigenvalue weighted by molar-refractivity contribution is 5.96. The van der Waals surface area contributed by atoms with E-state index >= 15 is 0 Å². The number of anilines is 1. The first-order valence-electron chi connectivity index (χ1n) is 5.40. The molecular weight excluding hydrogens is 252 g/mol. The first kappa shape index (κ1) is 11.3. The van der Waals surface area contributed by atoms with Gasteiger partial charge in [-0.05, 0) is 12.1 Å². The quantitative estimate of drug-likeness (QED) is 0.845. The first-order valence-corrected chi connectivity index (χ1v) is 5.40. The smallest absolute Gasteiger partial charge is 0.374 e. The van der Waals surface area contributed by atoms with Crippen molar-refractivity contribution in [1.29, 1.82) is 0 Å². The van der Waals surface area contributed by atoms with Crippen LogP contribution >= 0.6 is 0 Å². The standard InChI is InChI=1S/C12H8N2O5/c15-11-5-18-9-3-6(1-2-7(9)13-11)8-4-10(12(16)17)19-14-8/h1-4H,5H2,(H,13,15)(H,16,17). The molecule has 1 aliphatic heterocycles. The minimum atomic E-state index is -1.18. The number of carbonyl (C=O) groups is 2. The maximum atomic E-state index is 11.1. The number of rotatable bonds is 2. The average Bonchev–Trinajstić information content (AvgIpc) is 2.88. The van der Waals surface area contributed by atoms with Gasteiger partial charge in [-0.3, -0.25) is 4.79 Å². The van der Waals surface area contributed by atoms with Crippen molar-refractivity contribution in [3.63, 3.8) is 0 Å². The zero-order chi connectivity index (χ0) is 13.4. The molecule has 1 aromatic heterocycles. The Morgan fingerprint density at radius 1 is 1.37 bits per heavy atom. The number of aromatic nitrogens is 1. The third kappa shape index (κ3) is 2.01. The van der Waals surface area contributed by atoms with E-state index in [0.29, 0.717) is 22.7 Å². The monoisotopic (exact) mass is 260 g/mol. The lowest BCUT2D eigenvalue weighted by Gasteiger charge is -2.17. The Bertz CT molecular complexity index is 677. The lowest BCUT2D eigenvalue weighted by molar-refractivity contribution is -0.118. The molecule has 96 valence electrons. The number of fused-ring (bicyclic) bond motifs is 1. The van der Waals surface area contributed by atoms with E-state index in [9.17, 15) is 9.59 Å². The maximum Gasteiger partial charge on any atom is 0.374 e. The minimum Gasteiger partial charge on any atom is -0.482 e. The molecule has 19 heavy (non-hydrogen) atoms. The van der Waals surface area contributed by atoms with Gasteiger partial charge in [-0.25, -0.2) is 4.79 Å². The molecule has 7 heteroatoms. The van der Waals surface area contributed by atoms with E-state index in [1.807, 2.05) is 0 Å². The molecule has 0 saturated heterocycles. The second kappa shape index (κ2) is 4.13. The second-order valence-electron chi connectivity index (χ2n) is 3.93. The topological polar surface area (TPSA) is 102 Å². The van der Waals surface area contributed by atoms with Crippen molar-refractivity contribution in [2.24, 2.45) is 0 Å². The van der Waals surface area contributed by atoms with Gasteiger partial charge in [0.1, 0.15) is 11.4 Å². The normalized spacial score (nSPS) is 13.4. The molecule has 3 rings (SSSR count). The van der Waals surface area contributed by atoms with Crippen LogP contribution in [0.2, 0.25) is 0 Å². The number of carboxylic acid groups (broad SMARTS) is 1. The first-order chi connectivity index (χ1) is 9.13. The van der Waals surface area contributed by atoms with E-state index in [4.69, 9.17) is 9.84 Å². The van der Waals surface area contributed by atoms with Crippen molar-refractivity contribution in [2.75, 3.05) is 11.9 Å². The molecule has 2 heterocycles. The highest BCUT2D eigenvalue weighted by Gasteiger charge is 2.18. The number of carboxylic acids is 1. The van der Waals surface area contributed by atoms with Gasteiger partial charge in [0.15, 0.2) is 6.61 Å². The van der Waals surface area contributed by atoms with Gasteiger partial charge in [-0.1, -0.05) is 11.2 Å². The summed E-state index contributed by atoms with van der Waals surface area (Å²) in [6, 6.07) is 6.35. The Morgan fingerprint density at radius 3 is 2.95 bits per heavy atom. The van der Waals surface area contributed by atoms with Gasteiger partial charge in [0, 0.05) is 11.6 Å². The number of hydrogen-bond donors (Lipinski definition) is 2. The summed E-state index contributed by atoms with van der Waals surface area (Å²) >= 11 is 0. The number of benzene rings is 1. The van der Waals surface area contributed by atoms with Gasteiger partial charge in [-0.15, -0.1) is 0 Å². The van der Waals surface area contributed by atoms with Crippen molar-refractivity contribution in [3.8, 4) is 17.0 Å². The molecule has 0 atom stereocenters. The summed E-state index contributed by atoms with van der Waals surface area (Å²) in [6.45, 7) is -0.0460. The molecule has 7 nitrogen and oxygen atoms in total. The molecule has 1 aromatic carbocycles. The molecule has 1 aliphatic rings. The van der Waals surface area contributed by atoms with Crippen LogP contribution in [-0.4, -0.2) is 28.7 Å². The number of amides is 1. The molecule has 0 fully saturated rings. The van der Waals surface area contributed by atoms with Crippen LogP contribution in [0.15, 0.2) is 28.8 Å². The van der Waals surface area contributed by atoms with Gasteiger partial charge >= 0.3 is 5.97 Å². The summed E-state index contributed by atoms with van der Waals surface area (Å²) < 4.78 is 9.95. The summed E-state index contributed by atoms with van der Waals surface area (Å²) in [5, 5.41) is 15.1. The number of carbonyl (C=O) groups excluding carboxylic acids is 1. The molecule has 0 radical (unpaired) electrons. The number of ether oxygens (including phenoxy) is 1. The van der Waals surface area contributed by atoms with E-state index in [0.717, 1.165) is 0 Å². The van der Waals surface area contributed by atoms with Crippen LogP contribution in [0.5, 0.6) is 5.75 Å². The van der Waals surface area contributed by atoms with E-state index in [1.54, 1.807) is 18.2 Å². The molecule has 1 amide bonds. The van der Waals surface area contributed by atoms with E-state index in [1.165, 1.54) is 6.07 Å². The largest absolute Gasteiger partial charge is 0.482 e. The fourth-order valence-corrected chi connectivity index (χ4v) is 1.75. The van der Waals surface area contributed by atoms with Crippen molar-refractivity contribution in [1.82, 2.24) is 5.16 Å². The predicted molar refractivity (Wildman–Crippen MR) is 63.0 cm³/mol. The SMILES string of the molecule is O=C1COc2cc(-c3cc(C(=O)O)on3)ccc2N1. The lowest BCUT2D eigenvalue weighted by atomic mass is 10.1. The van der Waals surface area contributed by atoms with Crippen LogP contribution < -0.4 is 10.1 Å². The van der Waals surface area contributed by atoms with E-state index in [2.05, 4.69) is 15.0 Å². The molecule has 0 unspecified atom stereocenters. The summed E-state index contributed by atoms with van der Waals surface area (Å²) in [5.74, 6) is -1.12. The summed E-state index contributed by atoms with van der Waals surface area (Å²) in [4.78, 5) is 21.8. The van der Waals surface area contributed by atoms with Crippen molar-refractivity contribution in [2.45, 2.75) is 0 Å².